The molecule has 1 rings (SSSR count). The molecule has 0 aromatic heterocycles. The molecule has 0 aliphatic carbocycles. The Morgan fingerprint density at radius 3 is 2.23 bits per heavy atom. The van der Waals surface area contributed by atoms with Crippen molar-refractivity contribution in [3.8, 4) is 0 Å². The molecule has 1 aromatic carbocycles. The van der Waals surface area contributed by atoms with Crippen molar-refractivity contribution in [2.24, 2.45) is 0 Å². The fourth-order valence-corrected chi connectivity index (χ4v) is 1.18. The normalized spacial score (nSPS) is 10.7. The monoisotopic (exact) mass is 182 g/mol. The maximum absolute atomic E-state index is 5.02. The Morgan fingerprint density at radius 2 is 1.69 bits per heavy atom. The van der Waals surface area contributed by atoms with E-state index in [0.29, 0.717) is 5.23 Å². The summed E-state index contributed by atoms with van der Waals surface area (Å²) in [6, 6.07) is 10.3. The zero-order valence-electron chi connectivity index (χ0n) is 8.12. The Bertz CT molecular complexity index is 222. The zero-order chi connectivity index (χ0) is 9.52. The van der Waals surface area contributed by atoms with E-state index < -0.39 is 0 Å². The molecule has 1 N–H and O–H groups in total. The van der Waals surface area contributed by atoms with Crippen LogP contribution in [0.4, 0.5) is 0 Å². The molecule has 0 aliphatic heterocycles. The van der Waals surface area contributed by atoms with Gasteiger partial charge >= 0.3 is 0 Å². The average molecular weight is 182 g/mol. The number of hydrogen-bond donors (Lipinski definition) is 1. The Kier molecular flexibility index (Phi) is 4.46. The Morgan fingerprint density at radius 1 is 1.08 bits per heavy atom. The Labute approximate surface area is 78.8 Å². The molecule has 0 amide bonds. The van der Waals surface area contributed by atoms with E-state index in [-0.39, 0.29) is 0 Å². The van der Waals surface area contributed by atoms with Crippen LogP contribution in [-0.2, 0) is 16.1 Å². The van der Waals surface area contributed by atoms with Crippen LogP contribution in [0.3, 0.4) is 0 Å². The lowest BCUT2D eigenvalue weighted by molar-refractivity contribution is -1.24. The van der Waals surface area contributed by atoms with Crippen molar-refractivity contribution in [3.05, 3.63) is 35.9 Å². The molecule has 0 heterocycles. The minimum Gasteiger partial charge on any atom is -0.173 e. The van der Waals surface area contributed by atoms with Crippen molar-refractivity contribution in [3.63, 3.8) is 0 Å². The number of hydrogen-bond acceptors (Lipinski definition) is 2. The highest BCUT2D eigenvalue weighted by atomic mass is 16.9. The number of quaternary nitrogens is 1. The molecule has 13 heavy (non-hydrogen) atoms. The molecule has 0 bridgehead atoms. The molecule has 0 aliphatic rings. The molecular weight excluding hydrogens is 166 g/mol. The van der Waals surface area contributed by atoms with E-state index in [2.05, 4.69) is 12.1 Å². The third kappa shape index (κ3) is 3.55. The van der Waals surface area contributed by atoms with Gasteiger partial charge in [0.25, 0.3) is 0 Å². The van der Waals surface area contributed by atoms with Gasteiger partial charge in [0.15, 0.2) is 0 Å². The minimum atomic E-state index is 0.684. The molecule has 0 saturated carbocycles. The van der Waals surface area contributed by atoms with Gasteiger partial charge in [0.1, 0.15) is 6.54 Å². The lowest BCUT2D eigenvalue weighted by Crippen LogP contribution is -3.09. The van der Waals surface area contributed by atoms with Crippen LogP contribution in [0.1, 0.15) is 5.56 Å². The quantitative estimate of drug-likeness (QED) is 0.659. The third-order valence-corrected chi connectivity index (χ3v) is 1.92. The number of rotatable bonds is 5. The SMILES string of the molecule is CO[NH+](CCc1ccccc1)OC. The van der Waals surface area contributed by atoms with Crippen molar-refractivity contribution in [1.29, 1.82) is 0 Å². The fourth-order valence-electron chi connectivity index (χ4n) is 1.18. The Hall–Kier alpha value is -0.900. The van der Waals surface area contributed by atoms with Crippen molar-refractivity contribution < 1.29 is 14.9 Å². The fraction of sp³-hybridized carbons (Fsp3) is 0.400. The van der Waals surface area contributed by atoms with Gasteiger partial charge in [-0.3, -0.25) is 0 Å². The Balaban J connectivity index is 2.34. The largest absolute Gasteiger partial charge is 0.173 e. The summed E-state index contributed by atoms with van der Waals surface area (Å²) in [6.45, 7) is 0.816. The number of hydroxylamine groups is 2. The van der Waals surface area contributed by atoms with E-state index in [4.69, 9.17) is 9.68 Å². The summed E-state index contributed by atoms with van der Waals surface area (Å²) in [6.07, 6.45) is 0.956. The molecule has 1 aromatic rings. The van der Waals surface area contributed by atoms with Gasteiger partial charge in [0.05, 0.1) is 14.2 Å². The topological polar surface area (TPSA) is 22.9 Å². The molecule has 0 radical (unpaired) electrons. The molecule has 0 unspecified atom stereocenters. The van der Waals surface area contributed by atoms with Gasteiger partial charge in [-0.2, -0.15) is 9.68 Å². The second-order valence-corrected chi connectivity index (χ2v) is 2.77. The van der Waals surface area contributed by atoms with Crippen molar-refractivity contribution in [2.45, 2.75) is 6.42 Å². The lowest BCUT2D eigenvalue weighted by Gasteiger charge is -2.10. The summed E-state index contributed by atoms with van der Waals surface area (Å²) in [5.41, 5.74) is 1.30. The second kappa shape index (κ2) is 5.70. The predicted octanol–water partition coefficient (Wildman–Crippen LogP) is 0.237. The van der Waals surface area contributed by atoms with E-state index >= 15 is 0 Å². The van der Waals surface area contributed by atoms with Crippen LogP contribution in [0.15, 0.2) is 30.3 Å². The molecule has 0 saturated heterocycles. The summed E-state index contributed by atoms with van der Waals surface area (Å²) in [5, 5.41) is 0.684. The summed E-state index contributed by atoms with van der Waals surface area (Å²) in [7, 11) is 3.26. The summed E-state index contributed by atoms with van der Waals surface area (Å²) in [5.74, 6) is 0. The van der Waals surface area contributed by atoms with Crippen molar-refractivity contribution in [1.82, 2.24) is 0 Å². The van der Waals surface area contributed by atoms with E-state index in [1.54, 1.807) is 14.2 Å². The van der Waals surface area contributed by atoms with Crippen LogP contribution in [0.2, 0.25) is 0 Å². The summed E-state index contributed by atoms with van der Waals surface area (Å²) < 4.78 is 0. The van der Waals surface area contributed by atoms with Crippen LogP contribution < -0.4 is 5.23 Å². The maximum atomic E-state index is 5.02. The van der Waals surface area contributed by atoms with Gasteiger partial charge in [0.2, 0.25) is 0 Å². The lowest BCUT2D eigenvalue weighted by atomic mass is 10.2. The first kappa shape index (κ1) is 10.2. The average Bonchev–Trinajstić information content (AvgIpc) is 2.21. The van der Waals surface area contributed by atoms with Crippen molar-refractivity contribution in [2.75, 3.05) is 20.8 Å². The minimum absolute atomic E-state index is 0.684. The van der Waals surface area contributed by atoms with Gasteiger partial charge in [-0.15, -0.1) is 0 Å². The third-order valence-electron chi connectivity index (χ3n) is 1.92. The first-order valence-electron chi connectivity index (χ1n) is 4.34. The smallest absolute Gasteiger partial charge is 0.144 e. The van der Waals surface area contributed by atoms with Crippen LogP contribution in [-0.4, -0.2) is 20.8 Å². The van der Waals surface area contributed by atoms with Crippen molar-refractivity contribution >= 4 is 0 Å². The number of benzene rings is 1. The van der Waals surface area contributed by atoms with Gasteiger partial charge in [-0.25, -0.2) is 0 Å². The molecule has 0 atom stereocenters. The summed E-state index contributed by atoms with van der Waals surface area (Å²) in [4.78, 5) is 10.0. The number of nitrogens with one attached hydrogen (secondary N) is 1. The van der Waals surface area contributed by atoms with E-state index in [1.165, 1.54) is 5.56 Å². The molecule has 0 fully saturated rings. The predicted molar refractivity (Wildman–Crippen MR) is 50.0 cm³/mol. The van der Waals surface area contributed by atoms with E-state index in [9.17, 15) is 0 Å². The first-order valence-corrected chi connectivity index (χ1v) is 4.34. The highest BCUT2D eigenvalue weighted by molar-refractivity contribution is 5.14. The van der Waals surface area contributed by atoms with Crippen LogP contribution in [0.25, 0.3) is 0 Å². The van der Waals surface area contributed by atoms with E-state index in [0.717, 1.165) is 13.0 Å². The highest BCUT2D eigenvalue weighted by Crippen LogP contribution is 1.97. The zero-order valence-corrected chi connectivity index (χ0v) is 8.12. The van der Waals surface area contributed by atoms with Crippen LogP contribution >= 0.6 is 0 Å². The highest BCUT2D eigenvalue weighted by Gasteiger charge is 2.05. The molecule has 3 heteroatoms. The molecule has 0 spiro atoms. The maximum Gasteiger partial charge on any atom is 0.144 e. The molecule has 3 nitrogen and oxygen atoms in total. The first-order chi connectivity index (χ1) is 6.36. The van der Waals surface area contributed by atoms with Crippen LogP contribution in [0.5, 0.6) is 0 Å². The van der Waals surface area contributed by atoms with Gasteiger partial charge in [-0.1, -0.05) is 35.6 Å². The van der Waals surface area contributed by atoms with Crippen LogP contribution in [0, 0.1) is 0 Å². The molecular formula is C10H16NO2+. The molecule has 72 valence electrons. The van der Waals surface area contributed by atoms with Gasteiger partial charge in [0, 0.05) is 6.42 Å². The van der Waals surface area contributed by atoms with Gasteiger partial charge < -0.3 is 0 Å². The van der Waals surface area contributed by atoms with Gasteiger partial charge in [-0.05, 0) is 5.56 Å². The summed E-state index contributed by atoms with van der Waals surface area (Å²) >= 11 is 0. The van der Waals surface area contributed by atoms with E-state index in [1.807, 2.05) is 18.2 Å². The second-order valence-electron chi connectivity index (χ2n) is 2.77. The standard InChI is InChI=1S/C10H15NO2/c1-12-11(13-2)9-8-10-6-4-3-5-7-10/h3-7H,8-9H2,1-2H3/p+1.